The fourth-order valence-electron chi connectivity index (χ4n) is 3.16. The van der Waals surface area contributed by atoms with E-state index in [-0.39, 0.29) is 32.1 Å². The van der Waals surface area contributed by atoms with Crippen molar-refractivity contribution in [2.24, 2.45) is 0 Å². The first-order valence-corrected chi connectivity index (χ1v) is 12.3. The molecule has 12 heteroatoms. The van der Waals surface area contributed by atoms with Crippen LogP contribution in [0.2, 0.25) is 0 Å². The molecule has 180 valence electrons. The fourth-order valence-corrected chi connectivity index (χ4v) is 4.41. The molecule has 4 rings (SSSR count). The molecule has 0 saturated carbocycles. The van der Waals surface area contributed by atoms with Crippen molar-refractivity contribution in [3.63, 3.8) is 0 Å². The van der Waals surface area contributed by atoms with Gasteiger partial charge in [-0.2, -0.15) is 9.97 Å². The van der Waals surface area contributed by atoms with Crippen LogP contribution >= 0.6 is 7.60 Å². The summed E-state index contributed by atoms with van der Waals surface area (Å²) < 4.78 is 42.9. The van der Waals surface area contributed by atoms with Gasteiger partial charge in [0.1, 0.15) is 24.5 Å². The maximum Gasteiger partial charge on any atom is 0.356 e. The summed E-state index contributed by atoms with van der Waals surface area (Å²) in [5, 5.41) is 0. The van der Waals surface area contributed by atoms with Gasteiger partial charge in [0.25, 0.3) is 0 Å². The lowest BCUT2D eigenvalue weighted by Gasteiger charge is -2.18. The van der Waals surface area contributed by atoms with Crippen LogP contribution in [0, 0.1) is 6.92 Å². The van der Waals surface area contributed by atoms with E-state index in [0.717, 1.165) is 11.3 Å². The number of nitrogens with two attached hydrogens (primary N) is 1. The molecule has 0 radical (unpaired) electrons. The molecule has 0 aliphatic heterocycles. The zero-order chi connectivity index (χ0) is 24.0. The van der Waals surface area contributed by atoms with Crippen LogP contribution in [-0.2, 0) is 38.1 Å². The van der Waals surface area contributed by atoms with E-state index in [4.69, 9.17) is 28.7 Å². The lowest BCUT2D eigenvalue weighted by atomic mass is 10.2. The van der Waals surface area contributed by atoms with E-state index in [1.54, 1.807) is 17.0 Å². The number of furan rings is 1. The molecule has 1 atom stereocenters. The third-order valence-corrected chi connectivity index (χ3v) is 6.38. The molecule has 3 aromatic heterocycles. The van der Waals surface area contributed by atoms with Crippen molar-refractivity contribution < 1.29 is 27.5 Å². The van der Waals surface area contributed by atoms with Crippen molar-refractivity contribution in [3.05, 3.63) is 65.9 Å². The number of rotatable bonds is 12. The Labute approximate surface area is 196 Å². The Balaban J connectivity index is 1.38. The van der Waals surface area contributed by atoms with Crippen LogP contribution in [0.4, 0.5) is 5.95 Å². The number of aryl methyl sites for hydroxylation is 1. The van der Waals surface area contributed by atoms with E-state index in [9.17, 15) is 4.57 Å². The van der Waals surface area contributed by atoms with E-state index in [0.29, 0.717) is 29.3 Å². The first-order chi connectivity index (χ1) is 16.5. The van der Waals surface area contributed by atoms with E-state index in [1.807, 2.05) is 43.3 Å². The SMILES string of the molecule is COc1nc(N)nc2c1ncn2CCOCP(=O)(OCc1ccccc1)OCc1ccc(C)o1. The largest absolute Gasteiger partial charge is 0.479 e. The molecular formula is C22H26N5O6P. The van der Waals surface area contributed by atoms with Crippen molar-refractivity contribution >= 4 is 24.7 Å². The molecule has 3 heterocycles. The predicted molar refractivity (Wildman–Crippen MR) is 124 cm³/mol. The van der Waals surface area contributed by atoms with E-state index in [2.05, 4.69) is 15.0 Å². The highest BCUT2D eigenvalue weighted by molar-refractivity contribution is 7.53. The van der Waals surface area contributed by atoms with Crippen molar-refractivity contribution in [1.82, 2.24) is 19.5 Å². The number of benzene rings is 1. The van der Waals surface area contributed by atoms with Gasteiger partial charge in [0.05, 0.1) is 26.7 Å². The Morgan fingerprint density at radius 2 is 1.88 bits per heavy atom. The Kier molecular flexibility index (Phi) is 7.59. The zero-order valence-corrected chi connectivity index (χ0v) is 19.8. The molecule has 11 nitrogen and oxygen atoms in total. The minimum absolute atomic E-state index is 0.00537. The number of nitrogens with zero attached hydrogens (tertiary/aromatic N) is 4. The zero-order valence-electron chi connectivity index (χ0n) is 18.9. The Hall–Kier alpha value is -3.24. The van der Waals surface area contributed by atoms with Crippen LogP contribution in [0.15, 0.2) is 53.2 Å². The molecule has 4 aromatic rings. The predicted octanol–water partition coefficient (Wildman–Crippen LogP) is 3.92. The Morgan fingerprint density at radius 3 is 2.62 bits per heavy atom. The minimum atomic E-state index is -3.59. The number of aromatic nitrogens is 4. The van der Waals surface area contributed by atoms with Gasteiger partial charge in [-0.05, 0) is 24.6 Å². The molecule has 0 amide bonds. The van der Waals surface area contributed by atoms with Gasteiger partial charge >= 0.3 is 7.60 Å². The van der Waals surface area contributed by atoms with Crippen molar-refractivity contribution in [2.75, 3.05) is 25.8 Å². The second-order valence-corrected chi connectivity index (χ2v) is 9.39. The van der Waals surface area contributed by atoms with Crippen LogP contribution in [-0.4, -0.2) is 39.6 Å². The first kappa shape index (κ1) is 23.9. The summed E-state index contributed by atoms with van der Waals surface area (Å²) in [5.41, 5.74) is 7.63. The van der Waals surface area contributed by atoms with E-state index < -0.39 is 7.60 Å². The maximum atomic E-state index is 13.4. The molecule has 1 unspecified atom stereocenters. The molecular weight excluding hydrogens is 461 g/mol. The van der Waals surface area contributed by atoms with Gasteiger partial charge in [0, 0.05) is 6.54 Å². The maximum absolute atomic E-state index is 13.4. The Bertz CT molecular complexity index is 1280. The third-order valence-electron chi connectivity index (χ3n) is 4.84. The number of anilines is 1. The molecule has 34 heavy (non-hydrogen) atoms. The molecule has 0 aliphatic carbocycles. The van der Waals surface area contributed by atoms with Crippen LogP contribution in [0.1, 0.15) is 17.1 Å². The summed E-state index contributed by atoms with van der Waals surface area (Å²) in [5.74, 6) is 1.66. The number of hydrogen-bond donors (Lipinski definition) is 1. The summed E-state index contributed by atoms with van der Waals surface area (Å²) in [6.45, 7) is 2.55. The Morgan fingerprint density at radius 1 is 1.09 bits per heavy atom. The summed E-state index contributed by atoms with van der Waals surface area (Å²) in [6, 6.07) is 13.0. The summed E-state index contributed by atoms with van der Waals surface area (Å²) in [6.07, 6.45) is 1.36. The molecule has 1 aromatic carbocycles. The van der Waals surface area contributed by atoms with Gasteiger partial charge in [0.2, 0.25) is 11.8 Å². The van der Waals surface area contributed by atoms with Gasteiger partial charge in [-0.15, -0.1) is 0 Å². The summed E-state index contributed by atoms with van der Waals surface area (Å²) in [4.78, 5) is 12.5. The second-order valence-electron chi connectivity index (χ2n) is 7.39. The normalized spacial score (nSPS) is 13.2. The number of hydrogen-bond acceptors (Lipinski definition) is 10. The topological polar surface area (TPSA) is 137 Å². The van der Waals surface area contributed by atoms with E-state index >= 15 is 0 Å². The van der Waals surface area contributed by atoms with Gasteiger partial charge in [-0.1, -0.05) is 30.3 Å². The number of nitrogen functional groups attached to an aromatic ring is 1. The molecule has 0 spiro atoms. The summed E-state index contributed by atoms with van der Waals surface area (Å²) >= 11 is 0. The van der Waals surface area contributed by atoms with Gasteiger partial charge < -0.3 is 28.7 Å². The number of fused-ring (bicyclic) bond motifs is 1. The van der Waals surface area contributed by atoms with Crippen LogP contribution in [0.25, 0.3) is 11.2 Å². The number of imidazole rings is 1. The average Bonchev–Trinajstić information content (AvgIpc) is 3.45. The van der Waals surface area contributed by atoms with Crippen LogP contribution < -0.4 is 10.5 Å². The molecule has 2 N–H and O–H groups in total. The lowest BCUT2D eigenvalue weighted by molar-refractivity contribution is 0.114. The number of ether oxygens (including phenoxy) is 2. The van der Waals surface area contributed by atoms with Crippen LogP contribution in [0.5, 0.6) is 5.88 Å². The lowest BCUT2D eigenvalue weighted by Crippen LogP contribution is -2.10. The molecule has 0 aliphatic rings. The smallest absolute Gasteiger partial charge is 0.356 e. The second kappa shape index (κ2) is 10.8. The molecule has 0 saturated heterocycles. The number of methoxy groups -OCH3 is 1. The van der Waals surface area contributed by atoms with Crippen molar-refractivity contribution in [1.29, 1.82) is 0 Å². The van der Waals surface area contributed by atoms with Crippen LogP contribution in [0.3, 0.4) is 0 Å². The van der Waals surface area contributed by atoms with Gasteiger partial charge in [0.15, 0.2) is 11.2 Å². The highest BCUT2D eigenvalue weighted by Crippen LogP contribution is 2.49. The average molecular weight is 487 g/mol. The quantitative estimate of drug-likeness (QED) is 0.231. The third kappa shape index (κ3) is 6.00. The van der Waals surface area contributed by atoms with Crippen molar-refractivity contribution in [2.45, 2.75) is 26.7 Å². The highest BCUT2D eigenvalue weighted by Gasteiger charge is 2.26. The monoisotopic (exact) mass is 487 g/mol. The summed E-state index contributed by atoms with van der Waals surface area (Å²) in [7, 11) is -2.10. The van der Waals surface area contributed by atoms with Gasteiger partial charge in [-0.3, -0.25) is 9.09 Å². The first-order valence-electron chi connectivity index (χ1n) is 10.5. The van der Waals surface area contributed by atoms with Gasteiger partial charge in [-0.25, -0.2) is 4.98 Å². The van der Waals surface area contributed by atoms with Crippen molar-refractivity contribution in [3.8, 4) is 5.88 Å². The van der Waals surface area contributed by atoms with E-state index in [1.165, 1.54) is 7.11 Å². The fraction of sp³-hybridized carbons (Fsp3) is 0.318. The molecule has 0 bridgehead atoms. The highest BCUT2D eigenvalue weighted by atomic mass is 31.2. The minimum Gasteiger partial charge on any atom is -0.479 e. The molecule has 0 fully saturated rings. The standard InChI is InChI=1S/C22H26N5O6P/c1-16-8-9-18(33-16)13-32-34(28,31-12-17-6-4-3-5-7-17)15-30-11-10-27-14-24-19-20(27)25-22(23)26-21(19)29-2/h3-9,14H,10-13,15H2,1-2H3,(H2,23,25,26).